The summed E-state index contributed by atoms with van der Waals surface area (Å²) < 4.78 is 5.37. The number of pyridine rings is 1. The number of benzene rings is 1. The smallest absolute Gasteiger partial charge is 0.135 e. The minimum Gasteiger partial charge on any atom is -0.383 e. The first-order valence-corrected chi connectivity index (χ1v) is 8.19. The Morgan fingerprint density at radius 2 is 2.26 bits per heavy atom. The molecule has 2 aromatic rings. The summed E-state index contributed by atoms with van der Waals surface area (Å²) in [6.07, 6.45) is 4.25. The van der Waals surface area contributed by atoms with Crippen LogP contribution in [0.1, 0.15) is 18.4 Å². The van der Waals surface area contributed by atoms with Crippen molar-refractivity contribution in [2.45, 2.75) is 25.4 Å². The van der Waals surface area contributed by atoms with Crippen molar-refractivity contribution in [3.63, 3.8) is 0 Å². The molecule has 120 valence electrons. The Hall–Kier alpha value is -2.27. The average Bonchev–Trinajstić information content (AvgIpc) is 2.95. The van der Waals surface area contributed by atoms with Gasteiger partial charge < -0.3 is 20.3 Å². The summed E-state index contributed by atoms with van der Waals surface area (Å²) in [5, 5.41) is 6.97. The molecule has 1 atom stereocenters. The van der Waals surface area contributed by atoms with Crippen LogP contribution in [0.25, 0.3) is 0 Å². The van der Waals surface area contributed by atoms with Gasteiger partial charge in [-0.05, 0) is 37.1 Å². The van der Waals surface area contributed by atoms with Gasteiger partial charge in [-0.2, -0.15) is 0 Å². The van der Waals surface area contributed by atoms with E-state index in [0.717, 1.165) is 36.9 Å². The van der Waals surface area contributed by atoms with Crippen molar-refractivity contribution in [2.75, 3.05) is 35.8 Å². The molecule has 0 radical (unpaired) electrons. The number of hydrogen-bond acceptors (Lipinski definition) is 5. The molecule has 1 aromatic heterocycles. The monoisotopic (exact) mass is 310 g/mol. The summed E-state index contributed by atoms with van der Waals surface area (Å²) in [6.45, 7) is 2.67. The third-order valence-electron chi connectivity index (χ3n) is 4.68. The first-order chi connectivity index (χ1) is 11.3. The highest BCUT2D eigenvalue weighted by Gasteiger charge is 2.25. The number of aromatic nitrogens is 1. The minimum atomic E-state index is 0.482. The van der Waals surface area contributed by atoms with E-state index in [2.05, 4.69) is 44.8 Å². The first-order valence-electron chi connectivity index (χ1n) is 8.19. The van der Waals surface area contributed by atoms with Crippen LogP contribution in [0.4, 0.5) is 22.9 Å². The van der Waals surface area contributed by atoms with Crippen molar-refractivity contribution in [1.29, 1.82) is 0 Å². The summed E-state index contributed by atoms with van der Waals surface area (Å²) in [7, 11) is 1.78. The molecule has 2 aliphatic rings. The minimum absolute atomic E-state index is 0.482. The van der Waals surface area contributed by atoms with E-state index in [1.54, 1.807) is 7.11 Å². The van der Waals surface area contributed by atoms with Crippen molar-refractivity contribution in [3.05, 3.63) is 42.1 Å². The molecule has 0 unspecified atom stereocenters. The van der Waals surface area contributed by atoms with Gasteiger partial charge in [0.2, 0.25) is 0 Å². The zero-order valence-electron chi connectivity index (χ0n) is 13.4. The molecular formula is C18H22N4O. The van der Waals surface area contributed by atoms with E-state index in [-0.39, 0.29) is 0 Å². The maximum atomic E-state index is 5.37. The van der Waals surface area contributed by atoms with Crippen molar-refractivity contribution in [2.24, 2.45) is 0 Å². The molecular weight excluding hydrogens is 288 g/mol. The molecule has 5 nitrogen and oxygen atoms in total. The number of ether oxygens (including phenoxy) is 1. The van der Waals surface area contributed by atoms with Crippen LogP contribution in [0.15, 0.2) is 36.5 Å². The molecule has 0 bridgehead atoms. The van der Waals surface area contributed by atoms with Crippen molar-refractivity contribution in [1.82, 2.24) is 4.98 Å². The zero-order chi connectivity index (χ0) is 15.6. The summed E-state index contributed by atoms with van der Waals surface area (Å²) in [4.78, 5) is 6.90. The standard InChI is InChI=1S/C18H22N4O/c1-23-12-15-5-3-9-22(15)14-6-7-16-17(10-14)20-11-13-4-2-8-19-18(13)21-16/h2,4,6-8,10,15,20H,3,5,9,11-12H2,1H3,(H,19,21)/t15-/m1/s1. The molecule has 0 saturated carbocycles. The lowest BCUT2D eigenvalue weighted by molar-refractivity contribution is 0.181. The van der Waals surface area contributed by atoms with Crippen LogP contribution >= 0.6 is 0 Å². The fourth-order valence-corrected chi connectivity index (χ4v) is 3.52. The van der Waals surface area contributed by atoms with Gasteiger partial charge in [-0.3, -0.25) is 0 Å². The molecule has 0 amide bonds. The van der Waals surface area contributed by atoms with Gasteiger partial charge in [0.05, 0.1) is 24.0 Å². The Bertz CT molecular complexity index is 703. The van der Waals surface area contributed by atoms with Crippen LogP contribution in [0.3, 0.4) is 0 Å². The van der Waals surface area contributed by atoms with Gasteiger partial charge in [0.25, 0.3) is 0 Å². The fourth-order valence-electron chi connectivity index (χ4n) is 3.52. The van der Waals surface area contributed by atoms with Crippen LogP contribution in [0.5, 0.6) is 0 Å². The van der Waals surface area contributed by atoms with E-state index in [0.29, 0.717) is 6.04 Å². The summed E-state index contributed by atoms with van der Waals surface area (Å²) in [5.41, 5.74) is 4.65. The Morgan fingerprint density at radius 3 is 3.17 bits per heavy atom. The van der Waals surface area contributed by atoms with Gasteiger partial charge in [0.15, 0.2) is 0 Å². The number of nitrogens with one attached hydrogen (secondary N) is 2. The van der Waals surface area contributed by atoms with E-state index in [9.17, 15) is 0 Å². The zero-order valence-corrected chi connectivity index (χ0v) is 13.4. The number of rotatable bonds is 3. The summed E-state index contributed by atoms with van der Waals surface area (Å²) in [5.74, 6) is 0.935. The molecule has 2 N–H and O–H groups in total. The Labute approximate surface area is 136 Å². The first kappa shape index (κ1) is 14.3. The molecule has 3 heterocycles. The molecule has 4 rings (SSSR count). The van der Waals surface area contributed by atoms with Crippen LogP contribution < -0.4 is 15.5 Å². The van der Waals surface area contributed by atoms with Crippen LogP contribution in [0, 0.1) is 0 Å². The van der Waals surface area contributed by atoms with Crippen molar-refractivity contribution in [3.8, 4) is 0 Å². The van der Waals surface area contributed by atoms with Gasteiger partial charge in [-0.1, -0.05) is 6.07 Å². The van der Waals surface area contributed by atoms with Gasteiger partial charge in [0.1, 0.15) is 5.82 Å². The lowest BCUT2D eigenvalue weighted by Gasteiger charge is -2.27. The molecule has 2 aliphatic heterocycles. The Balaban J connectivity index is 1.62. The Morgan fingerprint density at radius 1 is 1.30 bits per heavy atom. The molecule has 1 aromatic carbocycles. The number of fused-ring (bicyclic) bond motifs is 2. The van der Waals surface area contributed by atoms with E-state index in [4.69, 9.17) is 4.74 Å². The lowest BCUT2D eigenvalue weighted by atomic mass is 10.2. The van der Waals surface area contributed by atoms with E-state index in [1.807, 2.05) is 12.3 Å². The SMILES string of the molecule is COC[C@H]1CCCN1c1ccc2c(c1)NCc1cccnc1N2. The maximum Gasteiger partial charge on any atom is 0.135 e. The molecule has 5 heteroatoms. The van der Waals surface area contributed by atoms with Gasteiger partial charge in [-0.15, -0.1) is 0 Å². The predicted molar refractivity (Wildman–Crippen MR) is 93.5 cm³/mol. The summed E-state index contributed by atoms with van der Waals surface area (Å²) in [6, 6.07) is 11.1. The van der Waals surface area contributed by atoms with Crippen LogP contribution in [-0.2, 0) is 11.3 Å². The van der Waals surface area contributed by atoms with E-state index >= 15 is 0 Å². The molecule has 23 heavy (non-hydrogen) atoms. The molecule has 1 saturated heterocycles. The topological polar surface area (TPSA) is 49.4 Å². The number of anilines is 4. The van der Waals surface area contributed by atoms with E-state index < -0.39 is 0 Å². The van der Waals surface area contributed by atoms with Gasteiger partial charge in [0, 0.05) is 37.6 Å². The third kappa shape index (κ3) is 2.72. The second-order valence-electron chi connectivity index (χ2n) is 6.16. The maximum absolute atomic E-state index is 5.37. The van der Waals surface area contributed by atoms with Crippen molar-refractivity contribution >= 4 is 22.9 Å². The Kier molecular flexibility index (Phi) is 3.79. The summed E-state index contributed by atoms with van der Waals surface area (Å²) >= 11 is 0. The highest BCUT2D eigenvalue weighted by atomic mass is 16.5. The van der Waals surface area contributed by atoms with Gasteiger partial charge in [-0.25, -0.2) is 4.98 Å². The average molecular weight is 310 g/mol. The largest absolute Gasteiger partial charge is 0.383 e. The fraction of sp³-hybridized carbons (Fsp3) is 0.389. The predicted octanol–water partition coefficient (Wildman–Crippen LogP) is 3.37. The number of nitrogens with zero attached hydrogens (tertiary/aromatic N) is 2. The molecule has 1 fully saturated rings. The number of hydrogen-bond donors (Lipinski definition) is 2. The highest BCUT2D eigenvalue weighted by molar-refractivity contribution is 5.80. The van der Waals surface area contributed by atoms with Crippen molar-refractivity contribution < 1.29 is 4.74 Å². The highest BCUT2D eigenvalue weighted by Crippen LogP contribution is 2.35. The normalized spacial score (nSPS) is 19.3. The molecule has 0 spiro atoms. The quantitative estimate of drug-likeness (QED) is 0.910. The second kappa shape index (κ2) is 6.08. The third-order valence-corrected chi connectivity index (χ3v) is 4.68. The van der Waals surface area contributed by atoms with E-state index in [1.165, 1.54) is 24.1 Å². The molecule has 0 aliphatic carbocycles. The number of methoxy groups -OCH3 is 1. The lowest BCUT2D eigenvalue weighted by Crippen LogP contribution is -2.32. The van der Waals surface area contributed by atoms with Crippen LogP contribution in [0.2, 0.25) is 0 Å². The van der Waals surface area contributed by atoms with Gasteiger partial charge >= 0.3 is 0 Å². The second-order valence-corrected chi connectivity index (χ2v) is 6.16. The van der Waals surface area contributed by atoms with Crippen LogP contribution in [-0.4, -0.2) is 31.3 Å².